The fourth-order valence-electron chi connectivity index (χ4n) is 3.38. The first-order valence-electron chi connectivity index (χ1n) is 6.03. The molecule has 1 atom stereocenters. The van der Waals surface area contributed by atoms with E-state index in [1.165, 1.54) is 39.0 Å². The lowest BCUT2D eigenvalue weighted by molar-refractivity contribution is 0.0748. The number of nitrogens with one attached hydrogen (secondary N) is 1. The molecule has 1 spiro atoms. The third-order valence-corrected chi connectivity index (χ3v) is 4.42. The molecule has 2 fully saturated rings. The molecule has 2 rings (SSSR count). The van der Waals surface area contributed by atoms with Crippen molar-refractivity contribution in [3.8, 4) is 0 Å². The monoisotopic (exact) mass is 196 g/mol. The van der Waals surface area contributed by atoms with Gasteiger partial charge in [0, 0.05) is 6.54 Å². The highest BCUT2D eigenvalue weighted by Gasteiger charge is 2.45. The normalized spacial score (nSPS) is 33.0. The molecule has 0 aliphatic carbocycles. The van der Waals surface area contributed by atoms with Crippen molar-refractivity contribution in [2.45, 2.75) is 26.7 Å². The Morgan fingerprint density at radius 2 is 1.93 bits per heavy atom. The fourth-order valence-corrected chi connectivity index (χ4v) is 3.38. The molecular weight excluding hydrogens is 172 g/mol. The van der Waals surface area contributed by atoms with Gasteiger partial charge in [0.05, 0.1) is 0 Å². The predicted octanol–water partition coefficient (Wildman–Crippen LogP) is 1.57. The first-order valence-corrected chi connectivity index (χ1v) is 6.03. The van der Waals surface area contributed by atoms with Crippen LogP contribution in [0.25, 0.3) is 0 Å². The summed E-state index contributed by atoms with van der Waals surface area (Å²) < 4.78 is 0. The minimum absolute atomic E-state index is 0.640. The lowest BCUT2D eigenvalue weighted by atomic mass is 9.67. The molecule has 0 radical (unpaired) electrons. The van der Waals surface area contributed by atoms with Crippen molar-refractivity contribution < 1.29 is 0 Å². The van der Waals surface area contributed by atoms with Gasteiger partial charge in [-0.2, -0.15) is 0 Å². The standard InChI is InChI=1S/C12H24N2/c1-10(2)11-8-13-9-12(11)4-6-14(3)7-5-12/h10-11,13H,4-9H2,1-3H3. The lowest BCUT2D eigenvalue weighted by Crippen LogP contribution is -2.43. The van der Waals surface area contributed by atoms with E-state index in [2.05, 4.69) is 31.1 Å². The van der Waals surface area contributed by atoms with E-state index in [1.807, 2.05) is 0 Å². The molecular formula is C12H24N2. The van der Waals surface area contributed by atoms with Gasteiger partial charge in [0.2, 0.25) is 0 Å². The van der Waals surface area contributed by atoms with Gasteiger partial charge in [0.15, 0.2) is 0 Å². The highest BCUT2D eigenvalue weighted by Crippen LogP contribution is 2.44. The van der Waals surface area contributed by atoms with Crippen LogP contribution >= 0.6 is 0 Å². The number of nitrogens with zero attached hydrogens (tertiary/aromatic N) is 1. The van der Waals surface area contributed by atoms with E-state index in [0.29, 0.717) is 5.41 Å². The van der Waals surface area contributed by atoms with Gasteiger partial charge in [0.25, 0.3) is 0 Å². The second-order valence-electron chi connectivity index (χ2n) is 5.65. The van der Waals surface area contributed by atoms with Gasteiger partial charge in [-0.3, -0.25) is 0 Å². The molecule has 1 N–H and O–H groups in total. The summed E-state index contributed by atoms with van der Waals surface area (Å²) in [4.78, 5) is 2.47. The Kier molecular flexibility index (Phi) is 2.85. The Morgan fingerprint density at radius 3 is 2.50 bits per heavy atom. The van der Waals surface area contributed by atoms with Crippen LogP contribution in [0, 0.1) is 17.3 Å². The molecule has 0 aromatic carbocycles. The van der Waals surface area contributed by atoms with Gasteiger partial charge in [0.1, 0.15) is 0 Å². The molecule has 82 valence electrons. The number of rotatable bonds is 1. The summed E-state index contributed by atoms with van der Waals surface area (Å²) in [6.45, 7) is 9.89. The molecule has 2 heteroatoms. The van der Waals surface area contributed by atoms with Crippen LogP contribution in [0.15, 0.2) is 0 Å². The summed E-state index contributed by atoms with van der Waals surface area (Å²) in [6, 6.07) is 0. The van der Waals surface area contributed by atoms with Crippen LogP contribution in [0.2, 0.25) is 0 Å². The minimum Gasteiger partial charge on any atom is -0.316 e. The maximum atomic E-state index is 3.61. The van der Waals surface area contributed by atoms with Crippen LogP contribution in [0.4, 0.5) is 0 Å². The zero-order valence-corrected chi connectivity index (χ0v) is 9.84. The molecule has 0 saturated carbocycles. The van der Waals surface area contributed by atoms with Gasteiger partial charge in [-0.25, -0.2) is 0 Å². The number of likely N-dealkylation sites (tertiary alicyclic amines) is 1. The summed E-state index contributed by atoms with van der Waals surface area (Å²) in [5.74, 6) is 1.75. The molecule has 0 aromatic heterocycles. The molecule has 2 nitrogen and oxygen atoms in total. The Bertz CT molecular complexity index is 192. The predicted molar refractivity (Wildman–Crippen MR) is 60.4 cm³/mol. The average Bonchev–Trinajstić information content (AvgIpc) is 2.55. The van der Waals surface area contributed by atoms with E-state index >= 15 is 0 Å². The van der Waals surface area contributed by atoms with Crippen molar-refractivity contribution in [1.29, 1.82) is 0 Å². The lowest BCUT2D eigenvalue weighted by Gasteiger charge is -2.43. The Hall–Kier alpha value is -0.0800. The van der Waals surface area contributed by atoms with Crippen molar-refractivity contribution in [3.05, 3.63) is 0 Å². The number of hydrogen-bond donors (Lipinski definition) is 1. The third kappa shape index (κ3) is 1.70. The second kappa shape index (κ2) is 3.82. The van der Waals surface area contributed by atoms with E-state index in [4.69, 9.17) is 0 Å². The molecule has 1 unspecified atom stereocenters. The highest BCUT2D eigenvalue weighted by molar-refractivity contribution is 4.98. The highest BCUT2D eigenvalue weighted by atomic mass is 15.1. The van der Waals surface area contributed by atoms with E-state index in [-0.39, 0.29) is 0 Å². The molecule has 2 saturated heterocycles. The molecule has 0 bridgehead atoms. The zero-order valence-electron chi connectivity index (χ0n) is 9.84. The van der Waals surface area contributed by atoms with Crippen molar-refractivity contribution >= 4 is 0 Å². The summed E-state index contributed by atoms with van der Waals surface area (Å²) in [5.41, 5.74) is 0.640. The molecule has 2 aliphatic rings. The van der Waals surface area contributed by atoms with Gasteiger partial charge in [-0.05, 0) is 56.8 Å². The van der Waals surface area contributed by atoms with Crippen molar-refractivity contribution in [2.24, 2.45) is 17.3 Å². The van der Waals surface area contributed by atoms with Crippen molar-refractivity contribution in [3.63, 3.8) is 0 Å². The second-order valence-corrected chi connectivity index (χ2v) is 5.65. The molecule has 14 heavy (non-hydrogen) atoms. The Morgan fingerprint density at radius 1 is 1.29 bits per heavy atom. The topological polar surface area (TPSA) is 15.3 Å². The maximum absolute atomic E-state index is 3.61. The number of hydrogen-bond acceptors (Lipinski definition) is 2. The van der Waals surface area contributed by atoms with Crippen molar-refractivity contribution in [2.75, 3.05) is 33.2 Å². The SMILES string of the molecule is CC(C)C1CNCC12CCN(C)CC2. The van der Waals surface area contributed by atoms with E-state index in [0.717, 1.165) is 11.8 Å². The summed E-state index contributed by atoms with van der Waals surface area (Å²) in [5, 5.41) is 3.61. The van der Waals surface area contributed by atoms with Gasteiger partial charge in [-0.15, -0.1) is 0 Å². The summed E-state index contributed by atoms with van der Waals surface area (Å²) in [7, 11) is 2.25. The quantitative estimate of drug-likeness (QED) is 0.685. The van der Waals surface area contributed by atoms with Crippen LogP contribution in [0.3, 0.4) is 0 Å². The summed E-state index contributed by atoms with van der Waals surface area (Å²) >= 11 is 0. The van der Waals surface area contributed by atoms with Crippen LogP contribution in [-0.2, 0) is 0 Å². The molecule has 0 aromatic rings. The van der Waals surface area contributed by atoms with Gasteiger partial charge >= 0.3 is 0 Å². The Labute approximate surface area is 88.1 Å². The van der Waals surface area contributed by atoms with Crippen LogP contribution in [-0.4, -0.2) is 38.1 Å². The average molecular weight is 196 g/mol. The zero-order chi connectivity index (χ0) is 10.2. The fraction of sp³-hybridized carbons (Fsp3) is 1.00. The van der Waals surface area contributed by atoms with Crippen molar-refractivity contribution in [1.82, 2.24) is 10.2 Å². The van der Waals surface area contributed by atoms with Crippen LogP contribution in [0.5, 0.6) is 0 Å². The Balaban J connectivity index is 2.06. The van der Waals surface area contributed by atoms with Crippen LogP contribution in [0.1, 0.15) is 26.7 Å². The first-order chi connectivity index (χ1) is 6.64. The minimum atomic E-state index is 0.640. The van der Waals surface area contributed by atoms with Gasteiger partial charge in [-0.1, -0.05) is 13.8 Å². The molecule has 2 heterocycles. The van der Waals surface area contributed by atoms with E-state index < -0.39 is 0 Å². The smallest absolute Gasteiger partial charge is 0.00121 e. The number of piperidine rings is 1. The van der Waals surface area contributed by atoms with Crippen LogP contribution < -0.4 is 5.32 Å². The van der Waals surface area contributed by atoms with Gasteiger partial charge < -0.3 is 10.2 Å². The van der Waals surface area contributed by atoms with E-state index in [9.17, 15) is 0 Å². The van der Waals surface area contributed by atoms with E-state index in [1.54, 1.807) is 0 Å². The third-order valence-electron chi connectivity index (χ3n) is 4.42. The summed E-state index contributed by atoms with van der Waals surface area (Å²) in [6.07, 6.45) is 2.80. The first kappa shape index (κ1) is 10.4. The maximum Gasteiger partial charge on any atom is 0.00121 e. The molecule has 2 aliphatic heterocycles. The largest absolute Gasteiger partial charge is 0.316 e. The molecule has 0 amide bonds.